The minimum absolute atomic E-state index is 1.23. The number of allylic oxidation sites excluding steroid dienone is 4. The third-order valence-corrected chi connectivity index (χ3v) is 0.916. The summed E-state index contributed by atoms with van der Waals surface area (Å²) < 4.78 is 0. The molecule has 0 unspecified atom stereocenters. The van der Waals surface area contributed by atoms with Crippen molar-refractivity contribution in [3.8, 4) is 0 Å². The molecule has 1 nitrogen and oxygen atoms in total. The highest BCUT2D eigenvalue weighted by Crippen LogP contribution is 1.91. The van der Waals surface area contributed by atoms with Gasteiger partial charge in [-0.25, -0.2) is 0 Å². The lowest BCUT2D eigenvalue weighted by atomic mass is 10.3. The van der Waals surface area contributed by atoms with E-state index in [9.17, 15) is 0 Å². The predicted molar refractivity (Wildman–Crippen MR) is 43.0 cm³/mol. The standard InChI is InChI=1S/C8H13N/c1-4-5-8(2)6-7-9-3/h4-7H,1-3H3/b5-4-,8-6-,9-7?. The van der Waals surface area contributed by atoms with E-state index in [1.807, 2.05) is 32.1 Å². The summed E-state index contributed by atoms with van der Waals surface area (Å²) in [7, 11) is 1.76. The summed E-state index contributed by atoms with van der Waals surface area (Å²) in [4.78, 5) is 3.82. The van der Waals surface area contributed by atoms with Gasteiger partial charge in [-0.15, -0.1) is 0 Å². The number of aliphatic imine (C=N–C) groups is 1. The Kier molecular flexibility index (Phi) is 4.79. The molecule has 0 aliphatic carbocycles. The van der Waals surface area contributed by atoms with Gasteiger partial charge in [0.2, 0.25) is 0 Å². The van der Waals surface area contributed by atoms with Gasteiger partial charge in [-0.2, -0.15) is 0 Å². The third kappa shape index (κ3) is 5.01. The first-order valence-electron chi connectivity index (χ1n) is 3.03. The topological polar surface area (TPSA) is 12.4 Å². The quantitative estimate of drug-likeness (QED) is 0.394. The molecule has 0 aromatic heterocycles. The molecule has 0 N–H and O–H groups in total. The maximum Gasteiger partial charge on any atom is 0.0277 e. The first-order chi connectivity index (χ1) is 4.31. The van der Waals surface area contributed by atoms with Crippen LogP contribution < -0.4 is 0 Å². The lowest BCUT2D eigenvalue weighted by Crippen LogP contribution is -1.68. The van der Waals surface area contributed by atoms with Crippen LogP contribution in [0.3, 0.4) is 0 Å². The zero-order valence-corrected chi connectivity index (χ0v) is 6.26. The monoisotopic (exact) mass is 123 g/mol. The van der Waals surface area contributed by atoms with Crippen molar-refractivity contribution < 1.29 is 0 Å². The highest BCUT2D eigenvalue weighted by molar-refractivity contribution is 5.72. The molecule has 0 heterocycles. The molecule has 0 amide bonds. The van der Waals surface area contributed by atoms with Gasteiger partial charge < -0.3 is 0 Å². The third-order valence-electron chi connectivity index (χ3n) is 0.916. The molecule has 0 saturated heterocycles. The zero-order valence-electron chi connectivity index (χ0n) is 6.26. The highest BCUT2D eigenvalue weighted by atomic mass is 14.6. The van der Waals surface area contributed by atoms with Gasteiger partial charge in [-0.3, -0.25) is 4.99 Å². The minimum atomic E-state index is 1.23. The van der Waals surface area contributed by atoms with Crippen LogP contribution in [0.15, 0.2) is 28.8 Å². The molecule has 0 rings (SSSR count). The van der Waals surface area contributed by atoms with Crippen molar-refractivity contribution >= 4 is 6.21 Å². The summed E-state index contributed by atoms with van der Waals surface area (Å²) in [5.41, 5.74) is 1.23. The van der Waals surface area contributed by atoms with Gasteiger partial charge >= 0.3 is 0 Å². The van der Waals surface area contributed by atoms with Crippen LogP contribution in [-0.2, 0) is 0 Å². The molecular weight excluding hydrogens is 110 g/mol. The number of rotatable bonds is 2. The summed E-state index contributed by atoms with van der Waals surface area (Å²) in [5.74, 6) is 0. The van der Waals surface area contributed by atoms with E-state index in [4.69, 9.17) is 0 Å². The van der Waals surface area contributed by atoms with E-state index in [2.05, 4.69) is 4.99 Å². The zero-order chi connectivity index (χ0) is 7.11. The first-order valence-corrected chi connectivity index (χ1v) is 3.03. The normalized spacial score (nSPS) is 13.9. The first kappa shape index (κ1) is 8.15. The second-order valence-corrected chi connectivity index (χ2v) is 1.82. The molecule has 0 aromatic rings. The maximum absolute atomic E-state index is 3.82. The smallest absolute Gasteiger partial charge is 0.0277 e. The van der Waals surface area contributed by atoms with Crippen molar-refractivity contribution in [1.82, 2.24) is 0 Å². The number of hydrogen-bond acceptors (Lipinski definition) is 1. The van der Waals surface area contributed by atoms with Crippen LogP contribution in [-0.4, -0.2) is 13.3 Å². The van der Waals surface area contributed by atoms with E-state index < -0.39 is 0 Å². The Morgan fingerprint density at radius 1 is 1.44 bits per heavy atom. The number of nitrogens with zero attached hydrogens (tertiary/aromatic N) is 1. The molecule has 50 valence electrons. The summed E-state index contributed by atoms with van der Waals surface area (Å²) in [6.45, 7) is 4.04. The Morgan fingerprint density at radius 2 is 2.11 bits per heavy atom. The molecule has 0 aliphatic heterocycles. The second kappa shape index (κ2) is 5.29. The van der Waals surface area contributed by atoms with E-state index >= 15 is 0 Å². The fraction of sp³-hybridized carbons (Fsp3) is 0.375. The Bertz CT molecular complexity index is 141. The van der Waals surface area contributed by atoms with E-state index in [-0.39, 0.29) is 0 Å². The van der Waals surface area contributed by atoms with Crippen molar-refractivity contribution in [2.24, 2.45) is 4.99 Å². The maximum atomic E-state index is 3.82. The van der Waals surface area contributed by atoms with Crippen molar-refractivity contribution in [3.05, 3.63) is 23.8 Å². The highest BCUT2D eigenvalue weighted by Gasteiger charge is 1.73. The Labute approximate surface area is 56.8 Å². The van der Waals surface area contributed by atoms with Gasteiger partial charge in [0, 0.05) is 13.3 Å². The average molecular weight is 123 g/mol. The van der Waals surface area contributed by atoms with Crippen LogP contribution in [0.25, 0.3) is 0 Å². The lowest BCUT2D eigenvalue weighted by Gasteiger charge is -1.83. The fourth-order valence-corrected chi connectivity index (χ4v) is 0.511. The van der Waals surface area contributed by atoms with Crippen molar-refractivity contribution in [3.63, 3.8) is 0 Å². The molecule has 0 aromatic carbocycles. The van der Waals surface area contributed by atoms with Gasteiger partial charge in [-0.1, -0.05) is 12.2 Å². The van der Waals surface area contributed by atoms with Crippen LogP contribution in [0.5, 0.6) is 0 Å². The largest absolute Gasteiger partial charge is 0.297 e. The van der Waals surface area contributed by atoms with Crippen molar-refractivity contribution in [2.45, 2.75) is 13.8 Å². The van der Waals surface area contributed by atoms with Gasteiger partial charge in [0.25, 0.3) is 0 Å². The molecule has 0 saturated carbocycles. The predicted octanol–water partition coefficient (Wildman–Crippen LogP) is 2.21. The van der Waals surface area contributed by atoms with Crippen LogP contribution >= 0.6 is 0 Å². The lowest BCUT2D eigenvalue weighted by molar-refractivity contribution is 1.46. The van der Waals surface area contributed by atoms with Crippen molar-refractivity contribution in [1.29, 1.82) is 0 Å². The summed E-state index contributed by atoms with van der Waals surface area (Å²) >= 11 is 0. The molecule has 0 atom stereocenters. The van der Waals surface area contributed by atoms with Gasteiger partial charge in [-0.05, 0) is 25.5 Å². The second-order valence-electron chi connectivity index (χ2n) is 1.82. The van der Waals surface area contributed by atoms with Crippen LogP contribution in [0.1, 0.15) is 13.8 Å². The van der Waals surface area contributed by atoms with Gasteiger partial charge in [0.15, 0.2) is 0 Å². The Balaban J connectivity index is 3.84. The molecule has 1 heteroatoms. The van der Waals surface area contributed by atoms with Crippen LogP contribution in [0, 0.1) is 0 Å². The summed E-state index contributed by atoms with van der Waals surface area (Å²) in [6, 6.07) is 0. The van der Waals surface area contributed by atoms with Crippen molar-refractivity contribution in [2.75, 3.05) is 7.05 Å². The molecule has 0 aliphatic rings. The molecule has 0 spiro atoms. The Hall–Kier alpha value is -0.850. The van der Waals surface area contributed by atoms with E-state index in [0.29, 0.717) is 0 Å². The summed E-state index contributed by atoms with van der Waals surface area (Å²) in [6.07, 6.45) is 7.81. The number of hydrogen-bond donors (Lipinski definition) is 0. The molecule has 0 radical (unpaired) electrons. The molecular formula is C8H13N. The fourth-order valence-electron chi connectivity index (χ4n) is 0.511. The SMILES string of the molecule is C/C=C\C(C)=C/C=NC. The van der Waals surface area contributed by atoms with E-state index in [0.717, 1.165) is 0 Å². The van der Waals surface area contributed by atoms with E-state index in [1.165, 1.54) is 5.57 Å². The molecule has 0 fully saturated rings. The minimum Gasteiger partial charge on any atom is -0.297 e. The molecule has 0 bridgehead atoms. The van der Waals surface area contributed by atoms with E-state index in [1.54, 1.807) is 13.3 Å². The molecule has 9 heavy (non-hydrogen) atoms. The van der Waals surface area contributed by atoms with Crippen LogP contribution in [0.4, 0.5) is 0 Å². The van der Waals surface area contributed by atoms with Crippen LogP contribution in [0.2, 0.25) is 0 Å². The van der Waals surface area contributed by atoms with Gasteiger partial charge in [0.05, 0.1) is 0 Å². The van der Waals surface area contributed by atoms with Gasteiger partial charge in [0.1, 0.15) is 0 Å². The Morgan fingerprint density at radius 3 is 2.56 bits per heavy atom. The average Bonchev–Trinajstić information content (AvgIpc) is 1.85. The summed E-state index contributed by atoms with van der Waals surface area (Å²) in [5, 5.41) is 0.